The van der Waals surface area contributed by atoms with Crippen molar-refractivity contribution in [2.45, 2.75) is 11.4 Å². The SMILES string of the molecule is COc1ccc2c(CN3c4cccc5cccc(c45)S3(=O)=O)cc(=O)oc2c1. The van der Waals surface area contributed by atoms with Crippen LogP contribution >= 0.6 is 0 Å². The Hall–Kier alpha value is -3.32. The molecule has 7 heteroatoms. The van der Waals surface area contributed by atoms with Gasteiger partial charge in [0.1, 0.15) is 11.3 Å². The van der Waals surface area contributed by atoms with Gasteiger partial charge < -0.3 is 9.15 Å². The largest absolute Gasteiger partial charge is 0.497 e. The van der Waals surface area contributed by atoms with E-state index in [-0.39, 0.29) is 11.4 Å². The predicted molar refractivity (Wildman–Crippen MR) is 106 cm³/mol. The zero-order chi connectivity index (χ0) is 19.5. The number of rotatable bonds is 3. The zero-order valence-corrected chi connectivity index (χ0v) is 15.7. The molecule has 1 aliphatic heterocycles. The standard InChI is InChI=1S/C21H15NO5S/c1-26-15-8-9-16-14(10-20(23)27-18(16)11-15)12-22-17-6-2-4-13-5-3-7-19(21(13)17)28(22,24)25/h2-11H,12H2,1H3. The molecule has 0 amide bonds. The van der Waals surface area contributed by atoms with Crippen molar-refractivity contribution in [3.63, 3.8) is 0 Å². The monoisotopic (exact) mass is 393 g/mol. The topological polar surface area (TPSA) is 76.8 Å². The van der Waals surface area contributed by atoms with Gasteiger partial charge in [0, 0.05) is 22.9 Å². The molecule has 0 spiro atoms. The lowest BCUT2D eigenvalue weighted by Gasteiger charge is -2.19. The minimum Gasteiger partial charge on any atom is -0.497 e. The normalized spacial score (nSPS) is 14.7. The second kappa shape index (κ2) is 5.84. The molecular weight excluding hydrogens is 378 g/mol. The Morgan fingerprint density at radius 1 is 1.04 bits per heavy atom. The zero-order valence-electron chi connectivity index (χ0n) is 14.9. The molecule has 4 aromatic rings. The van der Waals surface area contributed by atoms with Crippen LogP contribution in [0.25, 0.3) is 21.7 Å². The number of methoxy groups -OCH3 is 1. The number of nitrogens with zero attached hydrogens (tertiary/aromatic N) is 1. The number of ether oxygens (including phenoxy) is 1. The van der Waals surface area contributed by atoms with Crippen LogP contribution in [0.15, 0.2) is 74.8 Å². The lowest BCUT2D eigenvalue weighted by molar-refractivity contribution is 0.414. The Morgan fingerprint density at radius 2 is 1.82 bits per heavy atom. The summed E-state index contributed by atoms with van der Waals surface area (Å²) in [5.41, 5.74) is 1.00. The van der Waals surface area contributed by atoms with Gasteiger partial charge in [0.05, 0.1) is 24.2 Å². The molecule has 2 heterocycles. The Bertz CT molecular complexity index is 1420. The molecule has 5 rings (SSSR count). The number of fused-ring (bicyclic) bond motifs is 1. The number of sulfonamides is 1. The molecular formula is C21H15NO5S. The molecule has 3 aromatic carbocycles. The van der Waals surface area contributed by atoms with Crippen molar-refractivity contribution in [2.75, 3.05) is 11.4 Å². The van der Waals surface area contributed by atoms with Crippen molar-refractivity contribution in [1.82, 2.24) is 0 Å². The van der Waals surface area contributed by atoms with Crippen molar-refractivity contribution in [1.29, 1.82) is 0 Å². The van der Waals surface area contributed by atoms with Crippen molar-refractivity contribution in [2.24, 2.45) is 0 Å². The number of benzene rings is 3. The molecule has 28 heavy (non-hydrogen) atoms. The first-order chi connectivity index (χ1) is 13.5. The average Bonchev–Trinajstić information content (AvgIpc) is 2.90. The minimum atomic E-state index is -3.71. The van der Waals surface area contributed by atoms with Gasteiger partial charge in [0.25, 0.3) is 10.0 Å². The van der Waals surface area contributed by atoms with Crippen LogP contribution in [0.3, 0.4) is 0 Å². The van der Waals surface area contributed by atoms with Crippen molar-refractivity contribution in [3.8, 4) is 5.75 Å². The Balaban J connectivity index is 1.71. The predicted octanol–water partition coefficient (Wildman–Crippen LogP) is 3.66. The van der Waals surface area contributed by atoms with Gasteiger partial charge >= 0.3 is 5.63 Å². The van der Waals surface area contributed by atoms with Crippen LogP contribution in [0.4, 0.5) is 5.69 Å². The van der Waals surface area contributed by atoms with Crippen molar-refractivity contribution >= 4 is 37.5 Å². The van der Waals surface area contributed by atoms with E-state index >= 15 is 0 Å². The summed E-state index contributed by atoms with van der Waals surface area (Å²) in [5.74, 6) is 0.554. The van der Waals surface area contributed by atoms with E-state index in [0.717, 1.165) is 5.39 Å². The summed E-state index contributed by atoms with van der Waals surface area (Å²) in [4.78, 5) is 12.4. The number of hydrogen-bond acceptors (Lipinski definition) is 5. The van der Waals surface area contributed by atoms with Gasteiger partial charge in [-0.15, -0.1) is 0 Å². The second-order valence-electron chi connectivity index (χ2n) is 6.60. The molecule has 140 valence electrons. The summed E-state index contributed by atoms with van der Waals surface area (Å²) in [5, 5.41) is 2.24. The van der Waals surface area contributed by atoms with Gasteiger partial charge in [0.15, 0.2) is 0 Å². The molecule has 1 aliphatic rings. The molecule has 0 radical (unpaired) electrons. The van der Waals surface area contributed by atoms with E-state index in [2.05, 4.69) is 0 Å². The van der Waals surface area contributed by atoms with Crippen LogP contribution in [0.1, 0.15) is 5.56 Å². The highest BCUT2D eigenvalue weighted by molar-refractivity contribution is 7.93. The maximum Gasteiger partial charge on any atom is 0.336 e. The fraction of sp³-hybridized carbons (Fsp3) is 0.0952. The van der Waals surface area contributed by atoms with E-state index < -0.39 is 15.6 Å². The molecule has 0 atom stereocenters. The first-order valence-corrected chi connectivity index (χ1v) is 10.1. The highest BCUT2D eigenvalue weighted by atomic mass is 32.2. The van der Waals surface area contributed by atoms with E-state index in [4.69, 9.17) is 9.15 Å². The summed E-state index contributed by atoms with van der Waals surface area (Å²) in [6.45, 7) is 0.0323. The number of hydrogen-bond donors (Lipinski definition) is 0. The van der Waals surface area contributed by atoms with Crippen LogP contribution in [-0.4, -0.2) is 15.5 Å². The van der Waals surface area contributed by atoms with Crippen molar-refractivity contribution < 1.29 is 17.6 Å². The smallest absolute Gasteiger partial charge is 0.336 e. The third-order valence-electron chi connectivity index (χ3n) is 5.03. The van der Waals surface area contributed by atoms with Gasteiger partial charge in [-0.1, -0.05) is 24.3 Å². The second-order valence-corrected chi connectivity index (χ2v) is 8.43. The fourth-order valence-electron chi connectivity index (χ4n) is 3.75. The van der Waals surface area contributed by atoms with E-state index in [1.807, 2.05) is 18.2 Å². The molecule has 0 aliphatic carbocycles. The van der Waals surface area contributed by atoms with Gasteiger partial charge in [0.2, 0.25) is 0 Å². The van der Waals surface area contributed by atoms with E-state index in [1.54, 1.807) is 36.4 Å². The van der Waals surface area contributed by atoms with Crippen LogP contribution < -0.4 is 14.7 Å². The molecule has 0 fully saturated rings. The summed E-state index contributed by atoms with van der Waals surface area (Å²) in [6, 6.07) is 17.2. The Labute approximate surface area is 160 Å². The molecule has 0 saturated carbocycles. The first kappa shape index (κ1) is 16.8. The first-order valence-electron chi connectivity index (χ1n) is 8.64. The van der Waals surface area contributed by atoms with Crippen LogP contribution in [0.2, 0.25) is 0 Å². The molecule has 0 unspecified atom stereocenters. The summed E-state index contributed by atoms with van der Waals surface area (Å²) >= 11 is 0. The van der Waals surface area contributed by atoms with E-state index in [0.29, 0.717) is 33.4 Å². The lowest BCUT2D eigenvalue weighted by atomic mass is 10.1. The van der Waals surface area contributed by atoms with Crippen LogP contribution in [0.5, 0.6) is 5.75 Å². The van der Waals surface area contributed by atoms with Crippen molar-refractivity contribution in [3.05, 3.63) is 76.6 Å². The highest BCUT2D eigenvalue weighted by Crippen LogP contribution is 2.43. The maximum atomic E-state index is 13.2. The Morgan fingerprint density at radius 3 is 2.61 bits per heavy atom. The van der Waals surface area contributed by atoms with E-state index in [1.165, 1.54) is 17.5 Å². The molecule has 0 bridgehead atoms. The quantitative estimate of drug-likeness (QED) is 0.497. The minimum absolute atomic E-state index is 0.0323. The summed E-state index contributed by atoms with van der Waals surface area (Å²) < 4.78 is 38.2. The van der Waals surface area contributed by atoms with Gasteiger partial charge in [-0.2, -0.15) is 0 Å². The third-order valence-corrected chi connectivity index (χ3v) is 6.83. The lowest BCUT2D eigenvalue weighted by Crippen LogP contribution is -2.27. The third kappa shape index (κ3) is 2.33. The summed E-state index contributed by atoms with van der Waals surface area (Å²) in [7, 11) is -2.19. The highest BCUT2D eigenvalue weighted by Gasteiger charge is 2.35. The fourth-order valence-corrected chi connectivity index (χ4v) is 5.44. The molecule has 0 saturated heterocycles. The number of anilines is 1. The average molecular weight is 393 g/mol. The van der Waals surface area contributed by atoms with Gasteiger partial charge in [-0.3, -0.25) is 4.31 Å². The van der Waals surface area contributed by atoms with Crippen LogP contribution in [0, 0.1) is 0 Å². The summed E-state index contributed by atoms with van der Waals surface area (Å²) in [6.07, 6.45) is 0. The van der Waals surface area contributed by atoms with Gasteiger partial charge in [-0.05, 0) is 35.2 Å². The van der Waals surface area contributed by atoms with Gasteiger partial charge in [-0.25, -0.2) is 13.2 Å². The maximum absolute atomic E-state index is 13.2. The molecule has 6 nitrogen and oxygen atoms in total. The molecule has 0 N–H and O–H groups in total. The Kier molecular flexibility index (Phi) is 3.51. The molecule has 1 aromatic heterocycles. The van der Waals surface area contributed by atoms with Crippen LogP contribution in [-0.2, 0) is 16.6 Å². The van der Waals surface area contributed by atoms with E-state index in [9.17, 15) is 13.2 Å².